The molecule has 1 amide bonds. The molecule has 6 nitrogen and oxygen atoms in total. The number of nitrogens with zero attached hydrogens (tertiary/aromatic N) is 3. The fourth-order valence-corrected chi connectivity index (χ4v) is 3.95. The summed E-state index contributed by atoms with van der Waals surface area (Å²) in [6.45, 7) is 0.239. The third-order valence-electron chi connectivity index (χ3n) is 5.51. The van der Waals surface area contributed by atoms with Crippen molar-refractivity contribution in [2.75, 3.05) is 0 Å². The summed E-state index contributed by atoms with van der Waals surface area (Å²) < 4.78 is 34.6. The highest BCUT2D eigenvalue weighted by Crippen LogP contribution is 2.29. The van der Waals surface area contributed by atoms with Crippen LogP contribution in [-0.2, 0) is 19.4 Å². The average Bonchev–Trinajstić information content (AvgIpc) is 3.43. The van der Waals surface area contributed by atoms with Gasteiger partial charge in [-0.05, 0) is 67.3 Å². The maximum Gasteiger partial charge on any atom is 0.272 e. The second-order valence-corrected chi connectivity index (χ2v) is 7.73. The molecule has 1 aliphatic rings. The van der Waals surface area contributed by atoms with Crippen LogP contribution in [0, 0.1) is 11.6 Å². The van der Waals surface area contributed by atoms with E-state index in [1.807, 2.05) is 0 Å². The molecule has 0 fully saturated rings. The number of carbonyl (C=O) groups is 1. The minimum atomic E-state index is -0.382. The number of ether oxygens (including phenoxy) is 1. The van der Waals surface area contributed by atoms with Crippen molar-refractivity contribution in [2.45, 2.75) is 25.8 Å². The molecule has 0 bridgehead atoms. The number of carbonyl (C=O) groups excluding carboxylic acids is 1. The molecule has 0 aliphatic heterocycles. The molecule has 4 aromatic rings. The summed E-state index contributed by atoms with van der Waals surface area (Å²) in [4.78, 5) is 17.1. The second kappa shape index (κ2) is 8.82. The van der Waals surface area contributed by atoms with Gasteiger partial charge < -0.3 is 10.1 Å². The number of pyridine rings is 1. The summed E-state index contributed by atoms with van der Waals surface area (Å²) in [6, 6.07) is 15.5. The molecule has 2 aromatic heterocycles. The number of fused-ring (bicyclic) bond motifs is 1. The molecule has 1 aliphatic carbocycles. The monoisotopic (exact) mass is 446 g/mol. The van der Waals surface area contributed by atoms with E-state index < -0.39 is 0 Å². The SMILES string of the molecule is O=C(NCc1ccnc(Oc2ccc(F)cc2)c1)c1nn(-c2ccccc2F)c2c1CCC2. The summed E-state index contributed by atoms with van der Waals surface area (Å²) in [6.07, 6.45) is 3.96. The van der Waals surface area contributed by atoms with Gasteiger partial charge in [0.15, 0.2) is 5.69 Å². The fourth-order valence-electron chi connectivity index (χ4n) is 3.95. The molecule has 0 radical (unpaired) electrons. The normalized spacial score (nSPS) is 12.4. The van der Waals surface area contributed by atoms with Crippen LogP contribution >= 0.6 is 0 Å². The summed E-state index contributed by atoms with van der Waals surface area (Å²) in [5.74, 6) is -0.263. The molecule has 0 unspecified atom stereocenters. The van der Waals surface area contributed by atoms with E-state index in [0.29, 0.717) is 23.0 Å². The van der Waals surface area contributed by atoms with E-state index in [1.54, 1.807) is 41.2 Å². The van der Waals surface area contributed by atoms with Gasteiger partial charge in [-0.1, -0.05) is 12.1 Å². The molecule has 33 heavy (non-hydrogen) atoms. The smallest absolute Gasteiger partial charge is 0.272 e. The quantitative estimate of drug-likeness (QED) is 0.464. The molecule has 2 aromatic carbocycles. The Bertz CT molecular complexity index is 1320. The van der Waals surface area contributed by atoms with Gasteiger partial charge in [0.2, 0.25) is 5.88 Å². The van der Waals surface area contributed by atoms with Crippen molar-refractivity contribution in [3.05, 3.63) is 101 Å². The number of nitrogens with one attached hydrogen (secondary N) is 1. The Kier molecular flexibility index (Phi) is 5.56. The molecular weight excluding hydrogens is 426 g/mol. The molecule has 2 heterocycles. The van der Waals surface area contributed by atoms with E-state index in [1.165, 1.54) is 30.3 Å². The van der Waals surface area contributed by atoms with E-state index in [2.05, 4.69) is 15.4 Å². The van der Waals surface area contributed by atoms with Gasteiger partial charge in [0.05, 0.1) is 0 Å². The van der Waals surface area contributed by atoms with Gasteiger partial charge in [0.25, 0.3) is 5.91 Å². The Balaban J connectivity index is 1.32. The molecule has 0 spiro atoms. The van der Waals surface area contributed by atoms with Crippen LogP contribution in [0.25, 0.3) is 5.69 Å². The number of aromatic nitrogens is 3. The van der Waals surface area contributed by atoms with E-state index >= 15 is 0 Å². The summed E-state index contributed by atoms with van der Waals surface area (Å²) in [7, 11) is 0. The third-order valence-corrected chi connectivity index (χ3v) is 5.51. The van der Waals surface area contributed by atoms with E-state index in [9.17, 15) is 13.6 Å². The maximum atomic E-state index is 14.3. The molecular formula is C25H20F2N4O2. The first-order valence-corrected chi connectivity index (χ1v) is 10.6. The fraction of sp³-hybridized carbons (Fsp3) is 0.160. The predicted molar refractivity (Wildman–Crippen MR) is 117 cm³/mol. The average molecular weight is 446 g/mol. The lowest BCUT2D eigenvalue weighted by atomic mass is 10.2. The number of rotatable bonds is 6. The van der Waals surface area contributed by atoms with Crippen LogP contribution in [0.5, 0.6) is 11.6 Å². The predicted octanol–water partition coefficient (Wildman–Crippen LogP) is 4.76. The number of para-hydroxylation sites is 1. The van der Waals surface area contributed by atoms with Gasteiger partial charge in [0, 0.05) is 30.1 Å². The van der Waals surface area contributed by atoms with E-state index in [0.717, 1.165) is 36.1 Å². The lowest BCUT2D eigenvalue weighted by molar-refractivity contribution is 0.0944. The summed E-state index contributed by atoms with van der Waals surface area (Å²) >= 11 is 0. The highest BCUT2D eigenvalue weighted by Gasteiger charge is 2.27. The minimum absolute atomic E-state index is 0.239. The zero-order chi connectivity index (χ0) is 22.8. The number of halogens is 2. The Hall–Kier alpha value is -4.07. The zero-order valence-corrected chi connectivity index (χ0v) is 17.6. The van der Waals surface area contributed by atoms with Crippen molar-refractivity contribution in [1.82, 2.24) is 20.1 Å². The Labute approximate surface area is 188 Å². The molecule has 0 saturated heterocycles. The van der Waals surface area contributed by atoms with Crippen molar-refractivity contribution >= 4 is 5.91 Å². The van der Waals surface area contributed by atoms with Crippen LogP contribution in [-0.4, -0.2) is 20.7 Å². The lowest BCUT2D eigenvalue weighted by Crippen LogP contribution is -2.24. The van der Waals surface area contributed by atoms with Crippen molar-refractivity contribution in [3.63, 3.8) is 0 Å². The molecule has 0 saturated carbocycles. The van der Waals surface area contributed by atoms with Crippen LogP contribution in [0.15, 0.2) is 66.9 Å². The molecule has 1 N–H and O–H groups in total. The van der Waals surface area contributed by atoms with Crippen molar-refractivity contribution in [1.29, 1.82) is 0 Å². The maximum absolute atomic E-state index is 14.3. The van der Waals surface area contributed by atoms with Crippen LogP contribution < -0.4 is 10.1 Å². The van der Waals surface area contributed by atoms with Crippen molar-refractivity contribution in [3.8, 4) is 17.3 Å². The van der Waals surface area contributed by atoms with Crippen molar-refractivity contribution < 1.29 is 18.3 Å². The number of amides is 1. The molecule has 5 rings (SSSR count). The second-order valence-electron chi connectivity index (χ2n) is 7.73. The van der Waals surface area contributed by atoms with Gasteiger partial charge in [0.1, 0.15) is 23.1 Å². The first-order chi connectivity index (χ1) is 16.1. The molecule has 8 heteroatoms. The van der Waals surface area contributed by atoms with Crippen LogP contribution in [0.4, 0.5) is 8.78 Å². The molecule has 0 atom stereocenters. The first-order valence-electron chi connectivity index (χ1n) is 10.6. The van der Waals surface area contributed by atoms with Gasteiger partial charge in [-0.3, -0.25) is 4.79 Å². The van der Waals surface area contributed by atoms with Gasteiger partial charge in [-0.25, -0.2) is 18.4 Å². The first kappa shape index (κ1) is 20.8. The summed E-state index contributed by atoms with van der Waals surface area (Å²) in [5, 5.41) is 7.33. The number of hydrogen-bond donors (Lipinski definition) is 1. The van der Waals surface area contributed by atoms with Crippen LogP contribution in [0.3, 0.4) is 0 Å². The van der Waals surface area contributed by atoms with Crippen LogP contribution in [0.2, 0.25) is 0 Å². The zero-order valence-electron chi connectivity index (χ0n) is 17.6. The summed E-state index contributed by atoms with van der Waals surface area (Å²) in [5.41, 5.74) is 3.18. The third kappa shape index (κ3) is 4.32. The number of benzene rings is 2. The van der Waals surface area contributed by atoms with E-state index in [4.69, 9.17) is 4.74 Å². The number of hydrogen-bond acceptors (Lipinski definition) is 4. The standard InChI is InChI=1S/C25H20F2N4O2/c26-17-8-10-18(11-9-17)33-23-14-16(12-13-28-23)15-29-25(32)24-19-4-3-7-21(19)31(30-24)22-6-2-1-5-20(22)27/h1-2,5-6,8-14H,3-4,7,15H2,(H,29,32). The minimum Gasteiger partial charge on any atom is -0.439 e. The van der Waals surface area contributed by atoms with Gasteiger partial charge >= 0.3 is 0 Å². The van der Waals surface area contributed by atoms with Gasteiger partial charge in [-0.15, -0.1) is 0 Å². The van der Waals surface area contributed by atoms with E-state index in [-0.39, 0.29) is 24.1 Å². The van der Waals surface area contributed by atoms with Gasteiger partial charge in [-0.2, -0.15) is 5.10 Å². The Morgan fingerprint density at radius 1 is 1.06 bits per heavy atom. The lowest BCUT2D eigenvalue weighted by Gasteiger charge is -2.08. The largest absolute Gasteiger partial charge is 0.439 e. The Morgan fingerprint density at radius 3 is 2.70 bits per heavy atom. The Morgan fingerprint density at radius 2 is 1.88 bits per heavy atom. The highest BCUT2D eigenvalue weighted by atomic mass is 19.1. The van der Waals surface area contributed by atoms with Crippen LogP contribution in [0.1, 0.15) is 33.7 Å². The topological polar surface area (TPSA) is 69.0 Å². The highest BCUT2D eigenvalue weighted by molar-refractivity contribution is 5.94. The molecule has 166 valence electrons. The van der Waals surface area contributed by atoms with Crippen molar-refractivity contribution in [2.24, 2.45) is 0 Å².